The predicted molar refractivity (Wildman–Crippen MR) is 108 cm³/mol. The van der Waals surface area contributed by atoms with Crippen LogP contribution in [0.25, 0.3) is 16.3 Å². The highest BCUT2D eigenvalue weighted by molar-refractivity contribution is 6.00. The van der Waals surface area contributed by atoms with E-state index in [0.717, 1.165) is 41.7 Å². The number of benzene rings is 1. The lowest BCUT2D eigenvalue weighted by atomic mass is 9.63. The van der Waals surface area contributed by atoms with Crippen LogP contribution in [0.15, 0.2) is 59.6 Å². The van der Waals surface area contributed by atoms with Crippen molar-refractivity contribution in [3.05, 3.63) is 70.8 Å². The van der Waals surface area contributed by atoms with E-state index in [0.29, 0.717) is 0 Å². The van der Waals surface area contributed by atoms with Gasteiger partial charge in [0.25, 0.3) is 0 Å². The molecule has 0 amide bonds. The van der Waals surface area contributed by atoms with Crippen molar-refractivity contribution in [2.75, 3.05) is 0 Å². The van der Waals surface area contributed by atoms with Crippen LogP contribution in [0.5, 0.6) is 0 Å². The number of hydrogen-bond acceptors (Lipinski definition) is 1. The first kappa shape index (κ1) is 17.2. The Bertz CT molecular complexity index is 970. The van der Waals surface area contributed by atoms with E-state index in [4.69, 9.17) is 4.98 Å². The number of aromatic nitrogens is 1. The maximum Gasteiger partial charge on any atom is 0.126 e. The van der Waals surface area contributed by atoms with Crippen LogP contribution in [0.1, 0.15) is 58.2 Å². The van der Waals surface area contributed by atoms with Crippen molar-refractivity contribution in [1.82, 2.24) is 4.98 Å². The second kappa shape index (κ2) is 6.19. The van der Waals surface area contributed by atoms with E-state index in [1.165, 1.54) is 16.3 Å². The van der Waals surface area contributed by atoms with E-state index >= 15 is 4.39 Å². The molecule has 0 saturated heterocycles. The average molecular weight is 347 g/mol. The highest BCUT2D eigenvalue weighted by Gasteiger charge is 2.42. The summed E-state index contributed by atoms with van der Waals surface area (Å²) in [5.74, 6) is 0.270. The standard InChI is InChI=1S/C24H26FN/c1-5-6-7-9-17-14-15(2)22(25)21-20(17)23-19-16(12-13-26-23)10-8-11-18(19)24(21,3)4/h6-8,10-13,17H,5,9,14H2,1-4H3. The van der Waals surface area contributed by atoms with Gasteiger partial charge >= 0.3 is 0 Å². The van der Waals surface area contributed by atoms with E-state index in [-0.39, 0.29) is 17.2 Å². The third-order valence-corrected chi connectivity index (χ3v) is 5.99. The zero-order valence-corrected chi connectivity index (χ0v) is 16.1. The van der Waals surface area contributed by atoms with E-state index in [9.17, 15) is 0 Å². The van der Waals surface area contributed by atoms with Gasteiger partial charge in [0.1, 0.15) is 5.83 Å². The number of rotatable bonds is 3. The zero-order chi connectivity index (χ0) is 18.5. The summed E-state index contributed by atoms with van der Waals surface area (Å²) in [4.78, 5) is 4.75. The van der Waals surface area contributed by atoms with Crippen molar-refractivity contribution in [2.24, 2.45) is 5.92 Å². The minimum Gasteiger partial charge on any atom is -0.256 e. The predicted octanol–water partition coefficient (Wildman–Crippen LogP) is 6.90. The van der Waals surface area contributed by atoms with Crippen LogP contribution in [0.4, 0.5) is 4.39 Å². The van der Waals surface area contributed by atoms with Crippen molar-refractivity contribution in [3.63, 3.8) is 0 Å². The van der Waals surface area contributed by atoms with Gasteiger partial charge in [0.2, 0.25) is 0 Å². The maximum absolute atomic E-state index is 15.4. The second-order valence-corrected chi connectivity index (χ2v) is 8.09. The van der Waals surface area contributed by atoms with Gasteiger partial charge in [-0.05, 0) is 60.3 Å². The molecular weight excluding hydrogens is 321 g/mol. The first-order valence-corrected chi connectivity index (χ1v) is 9.60. The second-order valence-electron chi connectivity index (χ2n) is 8.09. The van der Waals surface area contributed by atoms with E-state index < -0.39 is 0 Å². The molecule has 1 aromatic heterocycles. The monoisotopic (exact) mass is 347 g/mol. The molecule has 1 atom stereocenters. The summed E-state index contributed by atoms with van der Waals surface area (Å²) in [6.45, 7) is 8.41. The van der Waals surface area contributed by atoms with Crippen LogP contribution in [-0.2, 0) is 5.41 Å². The van der Waals surface area contributed by atoms with Crippen LogP contribution in [0, 0.1) is 5.92 Å². The maximum atomic E-state index is 15.4. The molecule has 1 aromatic carbocycles. The molecule has 1 unspecified atom stereocenters. The summed E-state index contributed by atoms with van der Waals surface area (Å²) < 4.78 is 15.4. The van der Waals surface area contributed by atoms with Crippen LogP contribution in [-0.4, -0.2) is 4.98 Å². The normalized spacial score (nSPS) is 21.7. The van der Waals surface area contributed by atoms with E-state index in [1.807, 2.05) is 13.1 Å². The molecule has 0 fully saturated rings. The Balaban J connectivity index is 2.03. The molecule has 0 bridgehead atoms. The summed E-state index contributed by atoms with van der Waals surface area (Å²) in [6, 6.07) is 8.42. The van der Waals surface area contributed by atoms with E-state index in [2.05, 4.69) is 57.2 Å². The summed E-state index contributed by atoms with van der Waals surface area (Å²) in [5, 5.41) is 2.40. The molecule has 1 nitrogen and oxygen atoms in total. The summed E-state index contributed by atoms with van der Waals surface area (Å²) in [6.07, 6.45) is 9.07. The van der Waals surface area contributed by atoms with Gasteiger partial charge in [-0.2, -0.15) is 0 Å². The Morgan fingerprint density at radius 3 is 2.81 bits per heavy atom. The molecular formula is C24H26FN. The molecule has 0 spiro atoms. The Kier molecular flexibility index (Phi) is 4.10. The first-order chi connectivity index (χ1) is 12.5. The number of halogens is 1. The molecule has 0 radical (unpaired) electrons. The third kappa shape index (κ3) is 2.39. The molecule has 134 valence electrons. The van der Waals surface area contributed by atoms with Crippen molar-refractivity contribution < 1.29 is 4.39 Å². The first-order valence-electron chi connectivity index (χ1n) is 9.60. The highest BCUT2D eigenvalue weighted by atomic mass is 19.1. The average Bonchev–Trinajstić information content (AvgIpc) is 2.62. The lowest BCUT2D eigenvalue weighted by molar-refractivity contribution is 0.511. The Hall–Kier alpha value is -2.22. The van der Waals surface area contributed by atoms with Gasteiger partial charge in [0.05, 0.1) is 5.69 Å². The minimum atomic E-state index is -0.358. The number of hydrogen-bond donors (Lipinski definition) is 0. The fourth-order valence-corrected chi connectivity index (χ4v) is 4.74. The van der Waals surface area contributed by atoms with Crippen LogP contribution >= 0.6 is 0 Å². The number of nitrogens with zero attached hydrogens (tertiary/aromatic N) is 1. The third-order valence-electron chi connectivity index (χ3n) is 5.99. The topological polar surface area (TPSA) is 12.9 Å². The lowest BCUT2D eigenvalue weighted by Crippen LogP contribution is -2.31. The summed E-state index contributed by atoms with van der Waals surface area (Å²) in [7, 11) is 0. The van der Waals surface area contributed by atoms with Crippen LogP contribution < -0.4 is 0 Å². The molecule has 0 saturated carbocycles. The number of allylic oxidation sites excluding steroid dienone is 6. The molecule has 2 aliphatic carbocycles. The molecule has 4 rings (SSSR count). The van der Waals surface area contributed by atoms with Crippen LogP contribution in [0.2, 0.25) is 0 Å². The Morgan fingerprint density at radius 2 is 2.04 bits per heavy atom. The Morgan fingerprint density at radius 1 is 1.23 bits per heavy atom. The van der Waals surface area contributed by atoms with Gasteiger partial charge < -0.3 is 0 Å². The smallest absolute Gasteiger partial charge is 0.126 e. The van der Waals surface area contributed by atoms with Gasteiger partial charge in [-0.3, -0.25) is 4.98 Å². The summed E-state index contributed by atoms with van der Waals surface area (Å²) in [5.41, 5.74) is 4.68. The molecule has 2 aromatic rings. The van der Waals surface area contributed by atoms with Crippen molar-refractivity contribution in [3.8, 4) is 0 Å². The molecule has 0 aliphatic heterocycles. The fraction of sp³-hybridized carbons (Fsp3) is 0.375. The molecule has 1 heterocycles. The Labute approximate surface area is 155 Å². The molecule has 2 aliphatic rings. The highest BCUT2D eigenvalue weighted by Crippen LogP contribution is 2.54. The number of fused-ring (bicyclic) bond motifs is 1. The fourth-order valence-electron chi connectivity index (χ4n) is 4.74. The zero-order valence-electron chi connectivity index (χ0n) is 16.1. The minimum absolute atomic E-state index is 0.0194. The van der Waals surface area contributed by atoms with Crippen molar-refractivity contribution in [2.45, 2.75) is 52.4 Å². The molecule has 2 heteroatoms. The summed E-state index contributed by atoms with van der Waals surface area (Å²) >= 11 is 0. The van der Waals surface area contributed by atoms with Gasteiger partial charge in [-0.1, -0.05) is 51.1 Å². The molecule has 0 N–H and O–H groups in total. The van der Waals surface area contributed by atoms with E-state index in [1.54, 1.807) is 0 Å². The van der Waals surface area contributed by atoms with Gasteiger partial charge in [-0.15, -0.1) is 0 Å². The number of pyridine rings is 1. The van der Waals surface area contributed by atoms with Crippen molar-refractivity contribution in [1.29, 1.82) is 0 Å². The van der Waals surface area contributed by atoms with Crippen molar-refractivity contribution >= 4 is 16.3 Å². The molecule has 26 heavy (non-hydrogen) atoms. The largest absolute Gasteiger partial charge is 0.256 e. The van der Waals surface area contributed by atoms with Gasteiger partial charge in [-0.25, -0.2) is 4.39 Å². The lowest BCUT2D eigenvalue weighted by Gasteiger charge is -2.41. The SMILES string of the molecule is CCC=CCC1CC(C)=C(F)C2=C1c1nccc3cccc(c13)C2(C)C. The van der Waals surface area contributed by atoms with Gasteiger partial charge in [0, 0.05) is 22.6 Å². The van der Waals surface area contributed by atoms with Gasteiger partial charge in [0.15, 0.2) is 0 Å². The van der Waals surface area contributed by atoms with Crippen LogP contribution in [0.3, 0.4) is 0 Å². The quantitative estimate of drug-likeness (QED) is 0.550.